The van der Waals surface area contributed by atoms with Gasteiger partial charge in [0.2, 0.25) is 11.3 Å². The fourth-order valence-corrected chi connectivity index (χ4v) is 5.47. The number of rotatable bonds is 7. The first-order valence-electron chi connectivity index (χ1n) is 12.2. The van der Waals surface area contributed by atoms with E-state index in [4.69, 9.17) is 9.47 Å². The molecule has 1 N–H and O–H groups in total. The summed E-state index contributed by atoms with van der Waals surface area (Å²) in [5, 5.41) is 10.8. The zero-order chi connectivity index (χ0) is 23.7. The van der Waals surface area contributed by atoms with Crippen molar-refractivity contribution in [3.8, 4) is 0 Å². The maximum atomic E-state index is 13.6. The van der Waals surface area contributed by atoms with Crippen LogP contribution in [0.5, 0.6) is 0 Å². The van der Waals surface area contributed by atoms with Gasteiger partial charge < -0.3 is 14.6 Å². The number of aliphatic hydroxyl groups excluding tert-OH is 1. The fourth-order valence-electron chi connectivity index (χ4n) is 5.47. The second kappa shape index (κ2) is 9.54. The van der Waals surface area contributed by atoms with E-state index in [0.29, 0.717) is 6.42 Å². The van der Waals surface area contributed by atoms with Crippen molar-refractivity contribution in [1.29, 1.82) is 0 Å². The van der Waals surface area contributed by atoms with Gasteiger partial charge in [-0.2, -0.15) is 0 Å². The largest absolute Gasteiger partial charge is 0.511 e. The highest BCUT2D eigenvalue weighted by atomic mass is 16.6. The Morgan fingerprint density at radius 2 is 1.84 bits per heavy atom. The first kappa shape index (κ1) is 24.7. The Hall–Kier alpha value is -1.89. The number of Topliss-reactive ketones (excluding diaryl/α,β-unsaturated/α-hetero) is 1. The highest BCUT2D eigenvalue weighted by Crippen LogP contribution is 2.48. The summed E-state index contributed by atoms with van der Waals surface area (Å²) < 4.78 is 11.2. The number of ether oxygens (including phenoxy) is 2. The summed E-state index contributed by atoms with van der Waals surface area (Å²) in [6.07, 6.45) is 7.81. The summed E-state index contributed by atoms with van der Waals surface area (Å²) in [6, 6.07) is 0. The number of hydrogen-bond acceptors (Lipinski definition) is 6. The maximum Gasteiger partial charge on any atom is 0.343 e. The Morgan fingerprint density at radius 1 is 1.19 bits per heavy atom. The monoisotopic (exact) mass is 449 g/mol. The summed E-state index contributed by atoms with van der Waals surface area (Å²) in [5.74, 6) is -1.61. The zero-order valence-corrected chi connectivity index (χ0v) is 20.2. The molecule has 0 aromatic carbocycles. The Bertz CT molecular complexity index is 776. The average molecular weight is 450 g/mol. The number of hydrogen-bond donors (Lipinski definition) is 1. The maximum absolute atomic E-state index is 13.6. The highest BCUT2D eigenvalue weighted by molar-refractivity contribution is 6.35. The normalized spacial score (nSPS) is 30.6. The average Bonchev–Trinajstić information content (AvgIpc) is 3.17. The molecule has 32 heavy (non-hydrogen) atoms. The number of allylic oxidation sites excluding steroid dienone is 1. The van der Waals surface area contributed by atoms with Crippen molar-refractivity contribution in [2.45, 2.75) is 110 Å². The van der Waals surface area contributed by atoms with E-state index in [9.17, 15) is 19.5 Å². The van der Waals surface area contributed by atoms with Crippen molar-refractivity contribution in [3.05, 3.63) is 11.3 Å². The lowest BCUT2D eigenvalue weighted by Gasteiger charge is -2.35. The second-order valence-electron chi connectivity index (χ2n) is 10.6. The van der Waals surface area contributed by atoms with E-state index in [0.717, 1.165) is 18.8 Å². The van der Waals surface area contributed by atoms with E-state index in [1.165, 1.54) is 37.0 Å². The van der Waals surface area contributed by atoms with Gasteiger partial charge >= 0.3 is 5.97 Å². The molecule has 180 valence electrons. The van der Waals surface area contributed by atoms with Crippen molar-refractivity contribution in [2.75, 3.05) is 6.61 Å². The quantitative estimate of drug-likeness (QED) is 0.154. The molecular weight excluding hydrogens is 410 g/mol. The lowest BCUT2D eigenvalue weighted by Crippen LogP contribution is -2.60. The van der Waals surface area contributed by atoms with Gasteiger partial charge in [0.25, 0.3) is 5.91 Å². The summed E-state index contributed by atoms with van der Waals surface area (Å²) in [5.41, 5.74) is -2.69. The van der Waals surface area contributed by atoms with Gasteiger partial charge in [-0.3, -0.25) is 14.5 Å². The highest BCUT2D eigenvalue weighted by Gasteiger charge is 2.73. The molecule has 0 unspecified atom stereocenters. The van der Waals surface area contributed by atoms with Gasteiger partial charge in [0.15, 0.2) is 0 Å². The van der Waals surface area contributed by atoms with Crippen LogP contribution in [-0.4, -0.2) is 52.1 Å². The molecule has 1 amide bonds. The number of unbranched alkanes of at least 4 members (excludes halogenated alkanes) is 1. The molecule has 7 nitrogen and oxygen atoms in total. The molecule has 1 saturated carbocycles. The van der Waals surface area contributed by atoms with Crippen molar-refractivity contribution < 1.29 is 29.0 Å². The lowest BCUT2D eigenvalue weighted by molar-refractivity contribution is -0.162. The summed E-state index contributed by atoms with van der Waals surface area (Å²) >= 11 is 0. The van der Waals surface area contributed by atoms with Gasteiger partial charge in [-0.1, -0.05) is 65.7 Å². The molecule has 1 aliphatic carbocycles. The molecule has 0 radical (unpaired) electrons. The van der Waals surface area contributed by atoms with Gasteiger partial charge in [-0.25, -0.2) is 4.79 Å². The summed E-state index contributed by atoms with van der Waals surface area (Å²) in [4.78, 5) is 41.3. The number of ketones is 1. The summed E-state index contributed by atoms with van der Waals surface area (Å²) in [6.45, 7) is 9.00. The van der Waals surface area contributed by atoms with Crippen LogP contribution in [0, 0.1) is 11.3 Å². The summed E-state index contributed by atoms with van der Waals surface area (Å²) in [7, 11) is 0. The van der Waals surface area contributed by atoms with Crippen LogP contribution >= 0.6 is 0 Å². The van der Waals surface area contributed by atoms with E-state index in [1.807, 2.05) is 20.8 Å². The van der Waals surface area contributed by atoms with Crippen molar-refractivity contribution in [2.24, 2.45) is 11.3 Å². The second-order valence-corrected chi connectivity index (χ2v) is 10.6. The minimum absolute atomic E-state index is 0.0784. The minimum Gasteiger partial charge on any atom is -0.511 e. The van der Waals surface area contributed by atoms with Crippen LogP contribution < -0.4 is 0 Å². The molecule has 3 aliphatic rings. The molecule has 2 aliphatic heterocycles. The van der Waals surface area contributed by atoms with E-state index < -0.39 is 40.9 Å². The van der Waals surface area contributed by atoms with Crippen LogP contribution in [-0.2, 0) is 23.9 Å². The van der Waals surface area contributed by atoms with Gasteiger partial charge in [0.1, 0.15) is 17.6 Å². The van der Waals surface area contributed by atoms with Crippen LogP contribution in [0.25, 0.3) is 0 Å². The molecule has 0 spiro atoms. The van der Waals surface area contributed by atoms with Crippen molar-refractivity contribution in [1.82, 2.24) is 4.90 Å². The van der Waals surface area contributed by atoms with Crippen LogP contribution in [0.2, 0.25) is 0 Å². The van der Waals surface area contributed by atoms with Crippen LogP contribution in [0.4, 0.5) is 0 Å². The predicted molar refractivity (Wildman–Crippen MR) is 120 cm³/mol. The lowest BCUT2D eigenvalue weighted by atomic mass is 9.85. The molecule has 0 bridgehead atoms. The SMILES string of the molecule is CCOC(=O)[C@@]12C(=O)/C(=C(/O)CCCCC3CCCCC3)C(=O)N1[C@@H](C(C)(C)C)O[C@@H]2C. The first-order chi connectivity index (χ1) is 15.1. The number of carbonyl (C=O) groups is 3. The third-order valence-corrected chi connectivity index (χ3v) is 7.16. The first-order valence-corrected chi connectivity index (χ1v) is 12.2. The topological polar surface area (TPSA) is 93.1 Å². The molecule has 7 heteroatoms. The predicted octanol–water partition coefficient (Wildman–Crippen LogP) is 4.44. The fraction of sp³-hybridized carbons (Fsp3) is 0.800. The number of carbonyl (C=O) groups excluding carboxylic acids is 3. The molecule has 0 aromatic rings. The molecule has 3 atom stereocenters. The van der Waals surface area contributed by atoms with Crippen molar-refractivity contribution >= 4 is 17.7 Å². The van der Waals surface area contributed by atoms with Gasteiger partial charge in [0, 0.05) is 11.8 Å². The van der Waals surface area contributed by atoms with Crippen LogP contribution in [0.1, 0.15) is 92.4 Å². The van der Waals surface area contributed by atoms with Crippen LogP contribution in [0.3, 0.4) is 0 Å². The van der Waals surface area contributed by atoms with E-state index in [1.54, 1.807) is 13.8 Å². The van der Waals surface area contributed by atoms with Gasteiger partial charge in [-0.05, 0) is 26.2 Å². The molecular formula is C25H39NO6. The third-order valence-electron chi connectivity index (χ3n) is 7.16. The Morgan fingerprint density at radius 3 is 2.44 bits per heavy atom. The standard InChI is InChI=1S/C25H39NO6/c1-6-31-23(30)25-16(2)32-22(24(3,4)5)26(25)21(29)19(20(25)28)18(27)15-11-10-14-17-12-8-7-9-13-17/h16-17,22,27H,6-15H2,1-5H3/b19-18-/t16-,22-,25-/m1/s1. The van der Waals surface area contributed by atoms with Crippen molar-refractivity contribution in [3.63, 3.8) is 0 Å². The number of aliphatic hydroxyl groups is 1. The smallest absolute Gasteiger partial charge is 0.343 e. The van der Waals surface area contributed by atoms with E-state index in [2.05, 4.69) is 0 Å². The third kappa shape index (κ3) is 4.20. The molecule has 0 aromatic heterocycles. The number of amides is 1. The van der Waals surface area contributed by atoms with Gasteiger partial charge in [-0.15, -0.1) is 0 Å². The Kier molecular flexibility index (Phi) is 7.38. The Balaban J connectivity index is 1.83. The van der Waals surface area contributed by atoms with E-state index >= 15 is 0 Å². The zero-order valence-electron chi connectivity index (χ0n) is 20.2. The minimum atomic E-state index is -1.88. The number of fused-ring (bicyclic) bond motifs is 1. The molecule has 2 heterocycles. The molecule has 2 saturated heterocycles. The Labute approximate surface area is 191 Å². The van der Waals surface area contributed by atoms with Gasteiger partial charge in [0.05, 0.1) is 12.7 Å². The molecule has 3 fully saturated rings. The van der Waals surface area contributed by atoms with E-state index in [-0.39, 0.29) is 24.4 Å². The molecule has 3 rings (SSSR count). The number of esters is 1. The number of nitrogens with zero attached hydrogens (tertiary/aromatic N) is 1. The van der Waals surface area contributed by atoms with Crippen LogP contribution in [0.15, 0.2) is 11.3 Å².